The molecule has 0 saturated carbocycles. The Morgan fingerprint density at radius 2 is 1.91 bits per heavy atom. The fraction of sp³-hybridized carbons (Fsp3) is 0.333. The smallest absolute Gasteiger partial charge is 0.251 e. The van der Waals surface area contributed by atoms with Crippen molar-refractivity contribution in [3.8, 4) is 0 Å². The van der Waals surface area contributed by atoms with Crippen molar-refractivity contribution >= 4 is 11.6 Å². The molecule has 1 aliphatic heterocycles. The SMILES string of the molecule is CC(C)CNC(=O)c1ccc(N2Cc3ccncc3C2)cc1. The van der Waals surface area contributed by atoms with Gasteiger partial charge in [0.2, 0.25) is 0 Å². The third-order valence-electron chi connectivity index (χ3n) is 3.89. The molecular weight excluding hydrogens is 274 g/mol. The third-order valence-corrected chi connectivity index (χ3v) is 3.89. The highest BCUT2D eigenvalue weighted by Crippen LogP contribution is 2.27. The van der Waals surface area contributed by atoms with Gasteiger partial charge in [0, 0.05) is 43.3 Å². The third kappa shape index (κ3) is 3.11. The number of hydrogen-bond acceptors (Lipinski definition) is 3. The first-order chi connectivity index (χ1) is 10.6. The van der Waals surface area contributed by atoms with Crippen molar-refractivity contribution in [2.24, 2.45) is 5.92 Å². The van der Waals surface area contributed by atoms with E-state index in [4.69, 9.17) is 0 Å². The van der Waals surface area contributed by atoms with Crippen LogP contribution in [0.1, 0.15) is 35.3 Å². The lowest BCUT2D eigenvalue weighted by atomic mass is 10.1. The van der Waals surface area contributed by atoms with Crippen LogP contribution in [0.3, 0.4) is 0 Å². The summed E-state index contributed by atoms with van der Waals surface area (Å²) in [6.07, 6.45) is 3.77. The first-order valence-electron chi connectivity index (χ1n) is 7.68. The molecule has 22 heavy (non-hydrogen) atoms. The second-order valence-electron chi connectivity index (χ2n) is 6.15. The molecule has 0 aliphatic carbocycles. The van der Waals surface area contributed by atoms with Crippen LogP contribution in [-0.2, 0) is 13.1 Å². The summed E-state index contributed by atoms with van der Waals surface area (Å²) in [5.41, 5.74) is 4.45. The van der Waals surface area contributed by atoms with E-state index in [2.05, 4.69) is 35.1 Å². The fourth-order valence-corrected chi connectivity index (χ4v) is 2.62. The lowest BCUT2D eigenvalue weighted by molar-refractivity contribution is 0.0949. The number of nitrogens with one attached hydrogen (secondary N) is 1. The number of carbonyl (C=O) groups excluding carboxylic acids is 1. The van der Waals surface area contributed by atoms with Crippen LogP contribution in [-0.4, -0.2) is 17.4 Å². The number of amides is 1. The molecule has 0 unspecified atom stereocenters. The number of fused-ring (bicyclic) bond motifs is 1. The largest absolute Gasteiger partial charge is 0.363 e. The number of rotatable bonds is 4. The molecule has 0 saturated heterocycles. The van der Waals surface area contributed by atoms with Gasteiger partial charge in [-0.25, -0.2) is 0 Å². The van der Waals surface area contributed by atoms with Crippen LogP contribution in [0, 0.1) is 5.92 Å². The lowest BCUT2D eigenvalue weighted by Crippen LogP contribution is -2.27. The average molecular weight is 295 g/mol. The molecule has 0 spiro atoms. The first kappa shape index (κ1) is 14.6. The van der Waals surface area contributed by atoms with E-state index >= 15 is 0 Å². The Hall–Kier alpha value is -2.36. The molecule has 1 aromatic carbocycles. The highest BCUT2D eigenvalue weighted by molar-refractivity contribution is 5.94. The van der Waals surface area contributed by atoms with E-state index in [0.717, 1.165) is 18.8 Å². The maximum Gasteiger partial charge on any atom is 0.251 e. The molecule has 1 amide bonds. The standard InChI is InChI=1S/C18H21N3O/c1-13(2)9-20-18(22)14-3-5-17(6-4-14)21-11-15-7-8-19-10-16(15)12-21/h3-8,10,13H,9,11-12H2,1-2H3,(H,20,22). The maximum atomic E-state index is 12.0. The van der Waals surface area contributed by atoms with Crippen molar-refractivity contribution in [1.29, 1.82) is 0 Å². The van der Waals surface area contributed by atoms with E-state index in [0.29, 0.717) is 18.0 Å². The van der Waals surface area contributed by atoms with E-state index in [9.17, 15) is 4.79 Å². The van der Waals surface area contributed by atoms with Crippen molar-refractivity contribution in [1.82, 2.24) is 10.3 Å². The van der Waals surface area contributed by atoms with Gasteiger partial charge >= 0.3 is 0 Å². The number of nitrogens with zero attached hydrogens (tertiary/aromatic N) is 2. The van der Waals surface area contributed by atoms with Crippen LogP contribution in [0.2, 0.25) is 0 Å². The Balaban J connectivity index is 1.67. The minimum atomic E-state index is -0.00541. The molecule has 1 aromatic heterocycles. The Morgan fingerprint density at radius 1 is 1.18 bits per heavy atom. The zero-order valence-electron chi connectivity index (χ0n) is 13.0. The Bertz CT molecular complexity index is 639. The van der Waals surface area contributed by atoms with E-state index in [-0.39, 0.29) is 5.91 Å². The number of aromatic nitrogens is 1. The maximum absolute atomic E-state index is 12.0. The van der Waals surface area contributed by atoms with Crippen LogP contribution >= 0.6 is 0 Å². The quantitative estimate of drug-likeness (QED) is 0.943. The highest BCUT2D eigenvalue weighted by atomic mass is 16.1. The van der Waals surface area contributed by atoms with Gasteiger partial charge in [-0.3, -0.25) is 9.78 Å². The molecule has 0 bridgehead atoms. The second kappa shape index (κ2) is 6.18. The van der Waals surface area contributed by atoms with Crippen LogP contribution in [0.25, 0.3) is 0 Å². The summed E-state index contributed by atoms with van der Waals surface area (Å²) in [6.45, 7) is 6.65. The van der Waals surface area contributed by atoms with E-state index in [1.54, 1.807) is 0 Å². The summed E-state index contributed by atoms with van der Waals surface area (Å²) in [4.78, 5) is 18.5. The predicted octanol–water partition coefficient (Wildman–Crippen LogP) is 2.99. The molecule has 4 heteroatoms. The molecular formula is C18H21N3O. The van der Waals surface area contributed by atoms with Crippen LogP contribution in [0.15, 0.2) is 42.7 Å². The fourth-order valence-electron chi connectivity index (χ4n) is 2.62. The zero-order chi connectivity index (χ0) is 15.5. The van der Waals surface area contributed by atoms with Crippen molar-refractivity contribution in [3.63, 3.8) is 0 Å². The number of hydrogen-bond donors (Lipinski definition) is 1. The molecule has 114 valence electrons. The van der Waals surface area contributed by atoms with Crippen molar-refractivity contribution < 1.29 is 4.79 Å². The number of carbonyl (C=O) groups is 1. The number of benzene rings is 1. The topological polar surface area (TPSA) is 45.2 Å². The first-order valence-corrected chi connectivity index (χ1v) is 7.68. The van der Waals surface area contributed by atoms with Crippen molar-refractivity contribution in [3.05, 3.63) is 59.4 Å². The molecule has 2 aromatic rings. The summed E-state index contributed by atoms with van der Waals surface area (Å²) < 4.78 is 0. The van der Waals surface area contributed by atoms with Gasteiger partial charge in [-0.2, -0.15) is 0 Å². The van der Waals surface area contributed by atoms with Crippen LogP contribution in [0.5, 0.6) is 0 Å². The Labute approximate surface area is 131 Å². The molecule has 0 radical (unpaired) electrons. The molecule has 1 N–H and O–H groups in total. The Morgan fingerprint density at radius 3 is 2.59 bits per heavy atom. The number of pyridine rings is 1. The molecule has 0 atom stereocenters. The van der Waals surface area contributed by atoms with Crippen molar-refractivity contribution in [2.75, 3.05) is 11.4 Å². The van der Waals surface area contributed by atoms with E-state index in [1.165, 1.54) is 11.1 Å². The summed E-state index contributed by atoms with van der Waals surface area (Å²) in [5.74, 6) is 0.453. The predicted molar refractivity (Wildman–Crippen MR) is 87.7 cm³/mol. The van der Waals surface area contributed by atoms with Gasteiger partial charge in [0.15, 0.2) is 0 Å². The van der Waals surface area contributed by atoms with Gasteiger partial charge in [0.25, 0.3) is 5.91 Å². The van der Waals surface area contributed by atoms with Gasteiger partial charge < -0.3 is 10.2 Å². The molecule has 3 rings (SSSR count). The molecule has 2 heterocycles. The molecule has 4 nitrogen and oxygen atoms in total. The van der Waals surface area contributed by atoms with Gasteiger partial charge in [0.1, 0.15) is 0 Å². The summed E-state index contributed by atoms with van der Waals surface area (Å²) in [7, 11) is 0. The van der Waals surface area contributed by atoms with Crippen molar-refractivity contribution in [2.45, 2.75) is 26.9 Å². The molecule has 1 aliphatic rings. The van der Waals surface area contributed by atoms with E-state index in [1.807, 2.05) is 36.7 Å². The normalized spacial score (nSPS) is 13.3. The minimum Gasteiger partial charge on any atom is -0.363 e. The highest BCUT2D eigenvalue weighted by Gasteiger charge is 2.19. The van der Waals surface area contributed by atoms with Gasteiger partial charge in [-0.15, -0.1) is 0 Å². The van der Waals surface area contributed by atoms with Crippen LogP contribution in [0.4, 0.5) is 5.69 Å². The zero-order valence-corrected chi connectivity index (χ0v) is 13.0. The number of anilines is 1. The average Bonchev–Trinajstić information content (AvgIpc) is 2.96. The summed E-state index contributed by atoms with van der Waals surface area (Å²) in [6, 6.07) is 9.90. The Kier molecular flexibility index (Phi) is 4.09. The minimum absolute atomic E-state index is 0.00541. The monoisotopic (exact) mass is 295 g/mol. The van der Waals surface area contributed by atoms with Gasteiger partial charge in [-0.05, 0) is 47.4 Å². The van der Waals surface area contributed by atoms with Gasteiger partial charge in [0.05, 0.1) is 0 Å². The summed E-state index contributed by atoms with van der Waals surface area (Å²) in [5, 5.41) is 2.94. The lowest BCUT2D eigenvalue weighted by Gasteiger charge is -2.18. The molecule has 0 fully saturated rings. The second-order valence-corrected chi connectivity index (χ2v) is 6.15. The summed E-state index contributed by atoms with van der Waals surface area (Å²) >= 11 is 0. The van der Waals surface area contributed by atoms with E-state index < -0.39 is 0 Å². The van der Waals surface area contributed by atoms with Crippen LogP contribution < -0.4 is 10.2 Å². The van der Waals surface area contributed by atoms with Gasteiger partial charge in [-0.1, -0.05) is 13.8 Å².